The van der Waals surface area contributed by atoms with E-state index in [1.165, 1.54) is 0 Å². The summed E-state index contributed by atoms with van der Waals surface area (Å²) in [6.07, 6.45) is 0.819. The molecule has 1 aromatic carbocycles. The Labute approximate surface area is 89.8 Å². The minimum atomic E-state index is -0.294. The molecule has 3 nitrogen and oxygen atoms in total. The van der Waals surface area contributed by atoms with Crippen LogP contribution in [0.4, 0.5) is 0 Å². The Morgan fingerprint density at radius 3 is 2.53 bits per heavy atom. The van der Waals surface area contributed by atoms with E-state index in [-0.39, 0.29) is 18.2 Å². The van der Waals surface area contributed by atoms with Gasteiger partial charge >= 0.3 is 0 Å². The van der Waals surface area contributed by atoms with Crippen LogP contribution in [-0.4, -0.2) is 17.5 Å². The smallest absolute Gasteiger partial charge is 0.168 e. The number of carbonyl (C=O) groups excluding carboxylic acids is 1. The van der Waals surface area contributed by atoms with Crippen LogP contribution in [-0.2, 0) is 0 Å². The molecule has 1 atom stereocenters. The molecule has 0 bridgehead atoms. The SMILES string of the molecule is CCC(N)C(=N)CC(=O)c1ccccc1. The average molecular weight is 204 g/mol. The molecule has 1 rings (SSSR count). The van der Waals surface area contributed by atoms with Gasteiger partial charge in [0.05, 0.1) is 6.42 Å². The van der Waals surface area contributed by atoms with E-state index >= 15 is 0 Å². The summed E-state index contributed by atoms with van der Waals surface area (Å²) in [6, 6.07) is 8.71. The van der Waals surface area contributed by atoms with Gasteiger partial charge in [0.25, 0.3) is 0 Å². The minimum Gasteiger partial charge on any atom is -0.323 e. The largest absolute Gasteiger partial charge is 0.323 e. The lowest BCUT2D eigenvalue weighted by atomic mass is 10.0. The van der Waals surface area contributed by atoms with E-state index in [1.54, 1.807) is 12.1 Å². The number of rotatable bonds is 5. The van der Waals surface area contributed by atoms with Crippen LogP contribution in [0, 0.1) is 5.41 Å². The normalized spacial score (nSPS) is 12.1. The second kappa shape index (κ2) is 5.41. The molecule has 3 N–H and O–H groups in total. The van der Waals surface area contributed by atoms with Crippen LogP contribution >= 0.6 is 0 Å². The lowest BCUT2D eigenvalue weighted by Gasteiger charge is -2.09. The number of benzene rings is 1. The third kappa shape index (κ3) is 3.29. The van der Waals surface area contributed by atoms with Gasteiger partial charge in [0, 0.05) is 17.3 Å². The molecule has 80 valence electrons. The van der Waals surface area contributed by atoms with Crippen molar-refractivity contribution in [2.45, 2.75) is 25.8 Å². The topological polar surface area (TPSA) is 66.9 Å². The van der Waals surface area contributed by atoms with Crippen molar-refractivity contribution in [3.63, 3.8) is 0 Å². The van der Waals surface area contributed by atoms with Crippen molar-refractivity contribution in [1.29, 1.82) is 5.41 Å². The van der Waals surface area contributed by atoms with Crippen molar-refractivity contribution < 1.29 is 4.79 Å². The van der Waals surface area contributed by atoms with Crippen LogP contribution in [0.5, 0.6) is 0 Å². The molecule has 0 saturated carbocycles. The fourth-order valence-electron chi connectivity index (χ4n) is 1.28. The van der Waals surface area contributed by atoms with Gasteiger partial charge in [0.1, 0.15) is 0 Å². The van der Waals surface area contributed by atoms with Gasteiger partial charge in [-0.1, -0.05) is 37.3 Å². The van der Waals surface area contributed by atoms with Crippen LogP contribution < -0.4 is 5.73 Å². The maximum absolute atomic E-state index is 11.7. The minimum absolute atomic E-state index is 0.0375. The van der Waals surface area contributed by atoms with E-state index in [1.807, 2.05) is 25.1 Å². The predicted molar refractivity (Wildman–Crippen MR) is 61.4 cm³/mol. The zero-order chi connectivity index (χ0) is 11.3. The molecule has 0 radical (unpaired) electrons. The zero-order valence-corrected chi connectivity index (χ0v) is 8.86. The first kappa shape index (κ1) is 11.6. The third-order valence-electron chi connectivity index (χ3n) is 2.33. The third-order valence-corrected chi connectivity index (χ3v) is 2.33. The lowest BCUT2D eigenvalue weighted by Crippen LogP contribution is -2.30. The number of hydrogen-bond donors (Lipinski definition) is 2. The van der Waals surface area contributed by atoms with Crippen LogP contribution in [0.2, 0.25) is 0 Å². The van der Waals surface area contributed by atoms with Crippen molar-refractivity contribution >= 4 is 11.5 Å². The molecule has 0 amide bonds. The number of ketones is 1. The molecular weight excluding hydrogens is 188 g/mol. The van der Waals surface area contributed by atoms with Crippen LogP contribution in [0.15, 0.2) is 30.3 Å². The number of hydrogen-bond acceptors (Lipinski definition) is 3. The molecule has 3 heteroatoms. The number of nitrogens with one attached hydrogen (secondary N) is 1. The second-order valence-corrected chi connectivity index (χ2v) is 3.51. The predicted octanol–water partition coefficient (Wildman–Crippen LogP) is 2.02. The molecular formula is C12H16N2O. The Bertz CT molecular complexity index is 346. The highest BCUT2D eigenvalue weighted by Gasteiger charge is 2.12. The lowest BCUT2D eigenvalue weighted by molar-refractivity contribution is 0.0999. The van der Waals surface area contributed by atoms with Gasteiger partial charge in [-0.15, -0.1) is 0 Å². The molecule has 0 saturated heterocycles. The summed E-state index contributed by atoms with van der Waals surface area (Å²) in [4.78, 5) is 11.7. The molecule has 0 fully saturated rings. The van der Waals surface area contributed by atoms with Crippen molar-refractivity contribution in [3.8, 4) is 0 Å². The summed E-state index contributed by atoms with van der Waals surface area (Å²) < 4.78 is 0. The summed E-state index contributed by atoms with van der Waals surface area (Å²) in [7, 11) is 0. The maximum atomic E-state index is 11.7. The molecule has 1 aromatic rings. The number of nitrogens with two attached hydrogens (primary N) is 1. The first-order valence-electron chi connectivity index (χ1n) is 5.06. The first-order chi connectivity index (χ1) is 7.15. The Morgan fingerprint density at radius 2 is 2.00 bits per heavy atom. The fraction of sp³-hybridized carbons (Fsp3) is 0.333. The van der Waals surface area contributed by atoms with Gasteiger partial charge in [-0.25, -0.2) is 0 Å². The zero-order valence-electron chi connectivity index (χ0n) is 8.86. The Kier molecular flexibility index (Phi) is 4.18. The van der Waals surface area contributed by atoms with Crippen molar-refractivity contribution in [1.82, 2.24) is 0 Å². The van der Waals surface area contributed by atoms with Crippen LogP contribution in [0.3, 0.4) is 0 Å². The van der Waals surface area contributed by atoms with Crippen LogP contribution in [0.1, 0.15) is 30.1 Å². The van der Waals surface area contributed by atoms with Gasteiger partial charge in [-0.3, -0.25) is 4.79 Å². The molecule has 1 unspecified atom stereocenters. The summed E-state index contributed by atoms with van der Waals surface area (Å²) in [5, 5.41) is 7.63. The van der Waals surface area contributed by atoms with E-state index in [2.05, 4.69) is 0 Å². The van der Waals surface area contributed by atoms with Crippen molar-refractivity contribution in [2.24, 2.45) is 5.73 Å². The highest BCUT2D eigenvalue weighted by atomic mass is 16.1. The Morgan fingerprint density at radius 1 is 1.40 bits per heavy atom. The first-order valence-corrected chi connectivity index (χ1v) is 5.06. The highest BCUT2D eigenvalue weighted by molar-refractivity contribution is 6.10. The average Bonchev–Trinajstić information content (AvgIpc) is 2.29. The fourth-order valence-corrected chi connectivity index (χ4v) is 1.28. The highest BCUT2D eigenvalue weighted by Crippen LogP contribution is 2.05. The van der Waals surface area contributed by atoms with Crippen molar-refractivity contribution in [2.75, 3.05) is 0 Å². The molecule has 0 aromatic heterocycles. The summed E-state index contributed by atoms with van der Waals surface area (Å²) in [5.41, 5.74) is 6.62. The monoisotopic (exact) mass is 204 g/mol. The van der Waals surface area contributed by atoms with Gasteiger partial charge < -0.3 is 11.1 Å². The molecule has 0 aliphatic heterocycles. The summed E-state index contributed by atoms with van der Waals surface area (Å²) >= 11 is 0. The molecule has 0 aliphatic carbocycles. The molecule has 15 heavy (non-hydrogen) atoms. The molecule has 0 spiro atoms. The van der Waals surface area contributed by atoms with E-state index in [0.29, 0.717) is 17.7 Å². The number of carbonyl (C=O) groups is 1. The van der Waals surface area contributed by atoms with E-state index in [4.69, 9.17) is 11.1 Å². The van der Waals surface area contributed by atoms with E-state index in [9.17, 15) is 4.79 Å². The maximum Gasteiger partial charge on any atom is 0.168 e. The van der Waals surface area contributed by atoms with Crippen molar-refractivity contribution in [3.05, 3.63) is 35.9 Å². The second-order valence-electron chi connectivity index (χ2n) is 3.51. The molecule has 0 aliphatic rings. The summed E-state index contributed by atoms with van der Waals surface area (Å²) in [5.74, 6) is -0.0375. The quantitative estimate of drug-likeness (QED) is 0.569. The standard InChI is InChI=1S/C12H16N2O/c1-2-10(13)11(14)8-12(15)9-6-4-3-5-7-9/h3-7,10,14H,2,8,13H2,1H3. The van der Waals surface area contributed by atoms with E-state index < -0.39 is 0 Å². The van der Waals surface area contributed by atoms with Gasteiger partial charge in [0.2, 0.25) is 0 Å². The van der Waals surface area contributed by atoms with Crippen LogP contribution in [0.25, 0.3) is 0 Å². The Balaban J connectivity index is 2.61. The summed E-state index contributed by atoms with van der Waals surface area (Å²) in [6.45, 7) is 1.91. The van der Waals surface area contributed by atoms with Gasteiger partial charge in [-0.2, -0.15) is 0 Å². The van der Waals surface area contributed by atoms with Gasteiger partial charge in [-0.05, 0) is 6.42 Å². The number of Topliss-reactive ketones (excluding diaryl/α,β-unsaturated/α-hetero) is 1. The Hall–Kier alpha value is -1.48. The van der Waals surface area contributed by atoms with Gasteiger partial charge in [0.15, 0.2) is 5.78 Å². The van der Waals surface area contributed by atoms with E-state index in [0.717, 1.165) is 0 Å². The molecule has 0 heterocycles.